The lowest BCUT2D eigenvalue weighted by atomic mass is 10.2. The maximum absolute atomic E-state index is 11.4. The summed E-state index contributed by atoms with van der Waals surface area (Å²) in [6, 6.07) is 3.30. The van der Waals surface area contributed by atoms with Crippen LogP contribution in [0.4, 0.5) is 0 Å². The van der Waals surface area contributed by atoms with Crippen LogP contribution in [-0.4, -0.2) is 31.7 Å². The highest BCUT2D eigenvalue weighted by Crippen LogP contribution is 2.01. The Labute approximate surface area is 129 Å². The van der Waals surface area contributed by atoms with Crippen LogP contribution in [0.15, 0.2) is 24.5 Å². The second kappa shape index (κ2) is 8.44. The second-order valence-electron chi connectivity index (χ2n) is 4.92. The van der Waals surface area contributed by atoms with E-state index in [-0.39, 0.29) is 11.7 Å². The van der Waals surface area contributed by atoms with Crippen LogP contribution in [0.1, 0.15) is 29.6 Å². The number of carbonyl (C=O) groups is 2. The number of nitrogens with one attached hydrogen (secondary N) is 1. The Morgan fingerprint density at radius 1 is 1.14 bits per heavy atom. The van der Waals surface area contributed by atoms with E-state index in [9.17, 15) is 18.0 Å². The van der Waals surface area contributed by atoms with Crippen molar-refractivity contribution in [3.8, 4) is 0 Å². The van der Waals surface area contributed by atoms with Crippen molar-refractivity contribution in [2.75, 3.05) is 11.5 Å². The Morgan fingerprint density at radius 2 is 1.77 bits per heavy atom. The average molecular weight is 329 g/mol. The van der Waals surface area contributed by atoms with Crippen molar-refractivity contribution in [1.82, 2.24) is 5.43 Å². The summed E-state index contributed by atoms with van der Waals surface area (Å²) in [5.41, 5.74) is 7.39. The second-order valence-corrected chi connectivity index (χ2v) is 7.10. The van der Waals surface area contributed by atoms with Gasteiger partial charge < -0.3 is 5.73 Å². The third kappa shape index (κ3) is 6.64. The molecule has 22 heavy (non-hydrogen) atoms. The number of aryl methyl sites for hydroxylation is 1. The number of unbranched alkanes of at least 4 members (excludes halogenated alkanes) is 2. The van der Waals surface area contributed by atoms with Gasteiger partial charge in [0.2, 0.25) is 5.91 Å². The van der Waals surface area contributed by atoms with Crippen molar-refractivity contribution in [3.05, 3.63) is 30.1 Å². The summed E-state index contributed by atoms with van der Waals surface area (Å²) in [4.78, 5) is 21.8. The molecule has 0 aliphatic heterocycles. The molecule has 0 aliphatic carbocycles. The van der Waals surface area contributed by atoms with Gasteiger partial charge in [-0.05, 0) is 12.8 Å². The molecule has 0 unspecified atom stereocenters. The van der Waals surface area contributed by atoms with Crippen molar-refractivity contribution in [3.63, 3.8) is 0 Å². The van der Waals surface area contributed by atoms with Gasteiger partial charge in [-0.15, -0.1) is 0 Å². The lowest BCUT2D eigenvalue weighted by Crippen LogP contribution is -2.35. The van der Waals surface area contributed by atoms with Gasteiger partial charge >= 0.3 is 0 Å². The molecule has 0 fully saturated rings. The Balaban J connectivity index is 2.30. The van der Waals surface area contributed by atoms with E-state index in [1.807, 2.05) is 4.57 Å². The molecule has 0 aliphatic rings. The molecule has 0 bridgehead atoms. The molecule has 0 aromatic carbocycles. The fourth-order valence-electron chi connectivity index (χ4n) is 1.92. The molecule has 0 saturated heterocycles. The molecule has 1 aromatic rings. The molecule has 0 saturated carbocycles. The molecule has 5 N–H and O–H groups in total. The Morgan fingerprint density at radius 3 is 2.32 bits per heavy atom. The van der Waals surface area contributed by atoms with Gasteiger partial charge in [-0.25, -0.2) is 18.8 Å². The Hall–Kier alpha value is -2.00. The summed E-state index contributed by atoms with van der Waals surface area (Å²) in [5.74, 6) is 3.24. The lowest BCUT2D eigenvalue weighted by Gasteiger charge is -2.02. The van der Waals surface area contributed by atoms with Crippen LogP contribution >= 0.6 is 0 Å². The SMILES string of the molecule is NNC(=O)c1cc[n+](CCCCCS(=O)(=O)CC(N)=O)cc1. The number of aromatic nitrogens is 1. The molecule has 0 radical (unpaired) electrons. The predicted molar refractivity (Wildman–Crippen MR) is 80.0 cm³/mol. The first-order chi connectivity index (χ1) is 10.3. The topological polar surface area (TPSA) is 136 Å². The standard InChI is InChI=1S/C13H20N4O4S/c14-12(18)10-22(20,21)9-3-1-2-6-17-7-4-11(5-8-17)13(19)16-15/h4-5,7-8,15H,1-3,6,9-10H2,(H3,14,18,19)/p+1. The molecule has 2 amide bonds. The number of hydrazine groups is 1. The summed E-state index contributed by atoms with van der Waals surface area (Å²) >= 11 is 0. The number of hydrogen-bond acceptors (Lipinski definition) is 5. The van der Waals surface area contributed by atoms with Gasteiger partial charge in [-0.3, -0.25) is 15.0 Å². The number of nitrogen functional groups attached to an aromatic ring is 1. The zero-order valence-corrected chi connectivity index (χ0v) is 13.0. The Kier molecular flexibility index (Phi) is 6.93. The van der Waals surface area contributed by atoms with E-state index in [0.29, 0.717) is 18.5 Å². The molecule has 1 heterocycles. The summed E-state index contributed by atoms with van der Waals surface area (Å²) in [7, 11) is -3.38. The van der Waals surface area contributed by atoms with Crippen molar-refractivity contribution in [1.29, 1.82) is 0 Å². The summed E-state index contributed by atoms with van der Waals surface area (Å²) in [6.45, 7) is 0.709. The number of pyridine rings is 1. The molecule has 8 nitrogen and oxygen atoms in total. The zero-order chi connectivity index (χ0) is 16.6. The minimum Gasteiger partial charge on any atom is -0.369 e. The van der Waals surface area contributed by atoms with Gasteiger partial charge in [-0.2, -0.15) is 0 Å². The van der Waals surface area contributed by atoms with Crippen molar-refractivity contribution < 1.29 is 22.6 Å². The maximum Gasteiger partial charge on any atom is 0.265 e. The van der Waals surface area contributed by atoms with Crippen LogP contribution in [0, 0.1) is 0 Å². The smallest absolute Gasteiger partial charge is 0.265 e. The largest absolute Gasteiger partial charge is 0.369 e. The zero-order valence-electron chi connectivity index (χ0n) is 12.2. The quantitative estimate of drug-likeness (QED) is 0.169. The fourth-order valence-corrected chi connectivity index (χ4v) is 3.14. The van der Waals surface area contributed by atoms with E-state index in [1.165, 1.54) is 0 Å². The molecular weight excluding hydrogens is 308 g/mol. The number of carbonyl (C=O) groups excluding carboxylic acids is 2. The van der Waals surface area contributed by atoms with Gasteiger partial charge in [-0.1, -0.05) is 0 Å². The highest BCUT2D eigenvalue weighted by molar-refractivity contribution is 7.92. The highest BCUT2D eigenvalue weighted by atomic mass is 32.2. The van der Waals surface area contributed by atoms with E-state index in [1.54, 1.807) is 24.5 Å². The summed E-state index contributed by atoms with van der Waals surface area (Å²) in [6.07, 6.45) is 5.52. The lowest BCUT2D eigenvalue weighted by molar-refractivity contribution is -0.697. The van der Waals surface area contributed by atoms with Crippen LogP contribution in [-0.2, 0) is 21.2 Å². The highest BCUT2D eigenvalue weighted by Gasteiger charge is 2.14. The van der Waals surface area contributed by atoms with E-state index < -0.39 is 21.5 Å². The molecule has 1 aromatic heterocycles. The van der Waals surface area contributed by atoms with E-state index in [4.69, 9.17) is 11.6 Å². The van der Waals surface area contributed by atoms with E-state index in [2.05, 4.69) is 5.43 Å². The van der Waals surface area contributed by atoms with Crippen LogP contribution < -0.4 is 21.6 Å². The van der Waals surface area contributed by atoms with Gasteiger partial charge in [0.05, 0.1) is 11.3 Å². The Bertz CT molecular complexity index is 613. The number of nitrogens with zero attached hydrogens (tertiary/aromatic N) is 1. The van der Waals surface area contributed by atoms with Crippen molar-refractivity contribution in [2.45, 2.75) is 25.8 Å². The first-order valence-corrected chi connectivity index (χ1v) is 8.65. The van der Waals surface area contributed by atoms with E-state index >= 15 is 0 Å². The van der Waals surface area contributed by atoms with Crippen LogP contribution in [0.2, 0.25) is 0 Å². The minimum absolute atomic E-state index is 0.0315. The maximum atomic E-state index is 11.4. The average Bonchev–Trinajstić information content (AvgIpc) is 2.45. The third-order valence-electron chi connectivity index (χ3n) is 3.02. The molecule has 0 atom stereocenters. The monoisotopic (exact) mass is 329 g/mol. The molecular formula is C13H21N4O4S+. The predicted octanol–water partition coefficient (Wildman–Crippen LogP) is -1.35. The summed E-state index contributed by atoms with van der Waals surface area (Å²) in [5, 5.41) is 0. The van der Waals surface area contributed by atoms with Gasteiger partial charge in [0.15, 0.2) is 22.2 Å². The number of amides is 2. The fraction of sp³-hybridized carbons (Fsp3) is 0.462. The first-order valence-electron chi connectivity index (χ1n) is 6.83. The van der Waals surface area contributed by atoms with Gasteiger partial charge in [0.1, 0.15) is 12.3 Å². The molecule has 122 valence electrons. The van der Waals surface area contributed by atoms with Crippen LogP contribution in [0.25, 0.3) is 0 Å². The number of hydrogen-bond donors (Lipinski definition) is 3. The molecule has 1 rings (SSSR count). The van der Waals surface area contributed by atoms with Crippen LogP contribution in [0.5, 0.6) is 0 Å². The normalized spacial score (nSPS) is 11.1. The number of primary amides is 1. The third-order valence-corrected chi connectivity index (χ3v) is 4.65. The van der Waals surface area contributed by atoms with Crippen molar-refractivity contribution >= 4 is 21.7 Å². The first kappa shape index (κ1) is 18.1. The number of sulfone groups is 1. The molecule has 0 spiro atoms. The van der Waals surface area contributed by atoms with E-state index in [0.717, 1.165) is 12.8 Å². The van der Waals surface area contributed by atoms with Gasteiger partial charge in [0.25, 0.3) is 5.91 Å². The van der Waals surface area contributed by atoms with Crippen LogP contribution in [0.3, 0.4) is 0 Å². The number of nitrogens with two attached hydrogens (primary N) is 2. The summed E-state index contributed by atoms with van der Waals surface area (Å²) < 4.78 is 24.8. The minimum atomic E-state index is -3.38. The van der Waals surface area contributed by atoms with Gasteiger partial charge in [0, 0.05) is 18.6 Å². The van der Waals surface area contributed by atoms with Crippen molar-refractivity contribution in [2.24, 2.45) is 11.6 Å². The molecule has 9 heteroatoms. The number of rotatable bonds is 9.